The SMILES string of the molecule is CC1(C)c2cc(-c3ccc4ccccc4c3)ccc2-c2ccc(N(c3ccc(-c4ccc(-c5ccccc5)cc4)cc3)c3cccc(-c4cccc(-c5ccc6oc7ccccc7c6c5)c4)c3)cc21. The predicted octanol–water partition coefficient (Wildman–Crippen LogP) is 18.9. The van der Waals surface area contributed by atoms with Crippen molar-refractivity contribution in [1.82, 2.24) is 0 Å². The van der Waals surface area contributed by atoms with Gasteiger partial charge in [-0.2, -0.15) is 0 Å². The summed E-state index contributed by atoms with van der Waals surface area (Å²) in [5, 5.41) is 4.79. The van der Waals surface area contributed by atoms with E-state index in [4.69, 9.17) is 4.42 Å². The number of fused-ring (bicyclic) bond motifs is 7. The molecule has 1 aliphatic carbocycles. The zero-order valence-corrected chi connectivity index (χ0v) is 38.5. The summed E-state index contributed by atoms with van der Waals surface area (Å²) in [4.78, 5) is 2.42. The molecule has 0 N–H and O–H groups in total. The summed E-state index contributed by atoms with van der Waals surface area (Å²) in [6, 6.07) is 90.8. The highest BCUT2D eigenvalue weighted by atomic mass is 16.3. The normalized spacial score (nSPS) is 12.6. The molecular formula is C67H47NO. The van der Waals surface area contributed by atoms with Crippen molar-refractivity contribution in [2.75, 3.05) is 4.90 Å². The summed E-state index contributed by atoms with van der Waals surface area (Å²) in [6.07, 6.45) is 0. The second-order valence-electron chi connectivity index (χ2n) is 18.9. The quantitative estimate of drug-likeness (QED) is 0.151. The lowest BCUT2D eigenvalue weighted by Crippen LogP contribution is -2.16. The van der Waals surface area contributed by atoms with E-state index in [9.17, 15) is 0 Å². The summed E-state index contributed by atoms with van der Waals surface area (Å²) >= 11 is 0. The van der Waals surface area contributed by atoms with Gasteiger partial charge in [0.05, 0.1) is 0 Å². The van der Waals surface area contributed by atoms with Crippen LogP contribution in [-0.4, -0.2) is 0 Å². The Morgan fingerprint density at radius 3 is 1.54 bits per heavy atom. The van der Waals surface area contributed by atoms with E-state index >= 15 is 0 Å². The first-order valence-electron chi connectivity index (χ1n) is 23.9. The van der Waals surface area contributed by atoms with Crippen LogP contribution in [0, 0.1) is 0 Å². The van der Waals surface area contributed by atoms with Crippen LogP contribution in [0.2, 0.25) is 0 Å². The molecule has 1 aromatic heterocycles. The predicted molar refractivity (Wildman–Crippen MR) is 291 cm³/mol. The van der Waals surface area contributed by atoms with Gasteiger partial charge in [-0.25, -0.2) is 0 Å². The molecule has 2 heteroatoms. The fourth-order valence-electron chi connectivity index (χ4n) is 10.8. The molecule has 0 aliphatic heterocycles. The fourth-order valence-corrected chi connectivity index (χ4v) is 10.8. The fraction of sp³-hybridized carbons (Fsp3) is 0.0448. The third-order valence-electron chi connectivity index (χ3n) is 14.5. The first kappa shape index (κ1) is 40.5. The molecule has 11 aromatic carbocycles. The zero-order valence-electron chi connectivity index (χ0n) is 38.5. The highest BCUT2D eigenvalue weighted by Gasteiger charge is 2.36. The maximum atomic E-state index is 6.17. The third kappa shape index (κ3) is 7.12. The average molecular weight is 882 g/mol. The van der Waals surface area contributed by atoms with Gasteiger partial charge < -0.3 is 9.32 Å². The smallest absolute Gasteiger partial charge is 0.135 e. The molecule has 0 radical (unpaired) electrons. The standard InChI is InChI=1S/C67H47NO/c1-67(2)63-42-55(53-27-26-45-14-6-7-15-49(45)38-53)30-35-59(63)60-36-34-58(43-64(60)67)68(56-32-28-48(29-33-56)47-24-22-46(23-25-47)44-12-4-3-5-13-44)57-19-11-18-52(40-57)50-16-10-17-51(39-50)54-31-37-66-62(41-54)61-20-8-9-21-65(61)69-66/h3-43H,1-2H3. The number of hydrogen-bond donors (Lipinski definition) is 0. The molecule has 1 heterocycles. The van der Waals surface area contributed by atoms with Crippen LogP contribution in [-0.2, 0) is 5.41 Å². The molecule has 0 spiro atoms. The molecule has 0 bridgehead atoms. The molecule has 326 valence electrons. The van der Waals surface area contributed by atoms with Crippen LogP contribution < -0.4 is 4.90 Å². The van der Waals surface area contributed by atoms with Gasteiger partial charge in [-0.15, -0.1) is 0 Å². The second kappa shape index (κ2) is 16.3. The highest BCUT2D eigenvalue weighted by molar-refractivity contribution is 6.06. The summed E-state index contributed by atoms with van der Waals surface area (Å²) in [7, 11) is 0. The summed E-state index contributed by atoms with van der Waals surface area (Å²) < 4.78 is 6.17. The number of para-hydroxylation sites is 1. The molecule has 0 saturated heterocycles. The van der Waals surface area contributed by atoms with Gasteiger partial charge in [0, 0.05) is 33.2 Å². The van der Waals surface area contributed by atoms with E-state index < -0.39 is 0 Å². The highest BCUT2D eigenvalue weighted by Crippen LogP contribution is 2.52. The molecule has 0 atom stereocenters. The molecule has 0 fully saturated rings. The number of rotatable bonds is 8. The molecule has 0 unspecified atom stereocenters. The molecular weight excluding hydrogens is 835 g/mol. The van der Waals surface area contributed by atoms with Gasteiger partial charge in [0.1, 0.15) is 11.2 Å². The molecule has 13 rings (SSSR count). The number of furan rings is 1. The molecule has 0 saturated carbocycles. The average Bonchev–Trinajstić information content (AvgIpc) is 3.89. The van der Waals surface area contributed by atoms with Crippen LogP contribution in [0.15, 0.2) is 253 Å². The van der Waals surface area contributed by atoms with Crippen molar-refractivity contribution >= 4 is 49.8 Å². The van der Waals surface area contributed by atoms with Gasteiger partial charge in [-0.05, 0) is 161 Å². The van der Waals surface area contributed by atoms with Crippen LogP contribution in [0.5, 0.6) is 0 Å². The lowest BCUT2D eigenvalue weighted by Gasteiger charge is -2.28. The maximum Gasteiger partial charge on any atom is 0.135 e. The minimum Gasteiger partial charge on any atom is -0.456 e. The van der Waals surface area contributed by atoms with Gasteiger partial charge in [0.15, 0.2) is 0 Å². The van der Waals surface area contributed by atoms with Crippen molar-refractivity contribution < 1.29 is 4.42 Å². The Balaban J connectivity index is 0.885. The van der Waals surface area contributed by atoms with Crippen LogP contribution in [0.25, 0.3) is 99.5 Å². The van der Waals surface area contributed by atoms with E-state index in [1.54, 1.807) is 0 Å². The van der Waals surface area contributed by atoms with Gasteiger partial charge in [-0.3, -0.25) is 0 Å². The molecule has 12 aromatic rings. The minimum atomic E-state index is -0.219. The van der Waals surface area contributed by atoms with E-state index in [0.29, 0.717) is 0 Å². The summed E-state index contributed by atoms with van der Waals surface area (Å²) in [5.74, 6) is 0. The van der Waals surface area contributed by atoms with Gasteiger partial charge in [0.2, 0.25) is 0 Å². The Morgan fingerprint density at radius 2 is 0.768 bits per heavy atom. The van der Waals surface area contributed by atoms with Crippen LogP contribution in [0.4, 0.5) is 17.1 Å². The Bertz CT molecular complexity index is 3910. The van der Waals surface area contributed by atoms with Crippen molar-refractivity contribution in [3.63, 3.8) is 0 Å². The van der Waals surface area contributed by atoms with Crippen molar-refractivity contribution in [3.8, 4) is 66.8 Å². The third-order valence-corrected chi connectivity index (χ3v) is 14.5. The second-order valence-corrected chi connectivity index (χ2v) is 18.9. The zero-order chi connectivity index (χ0) is 46.1. The molecule has 0 amide bonds. The van der Waals surface area contributed by atoms with Crippen molar-refractivity contribution in [1.29, 1.82) is 0 Å². The van der Waals surface area contributed by atoms with Gasteiger partial charge >= 0.3 is 0 Å². The van der Waals surface area contributed by atoms with E-state index in [0.717, 1.165) is 55.7 Å². The van der Waals surface area contributed by atoms with Crippen molar-refractivity contribution in [3.05, 3.63) is 260 Å². The topological polar surface area (TPSA) is 16.4 Å². The number of anilines is 3. The van der Waals surface area contributed by atoms with Crippen LogP contribution >= 0.6 is 0 Å². The Hall–Kier alpha value is -8.72. The number of nitrogens with zero attached hydrogens (tertiary/aromatic N) is 1. The van der Waals surface area contributed by atoms with E-state index in [1.807, 2.05) is 12.1 Å². The number of benzene rings is 11. The van der Waals surface area contributed by atoms with E-state index in [-0.39, 0.29) is 5.41 Å². The minimum absolute atomic E-state index is 0.219. The first-order chi connectivity index (χ1) is 33.9. The van der Waals surface area contributed by atoms with Crippen LogP contribution in [0.3, 0.4) is 0 Å². The molecule has 1 aliphatic rings. The van der Waals surface area contributed by atoms with Crippen molar-refractivity contribution in [2.45, 2.75) is 19.3 Å². The molecule has 2 nitrogen and oxygen atoms in total. The maximum absolute atomic E-state index is 6.17. The van der Waals surface area contributed by atoms with E-state index in [2.05, 4.69) is 255 Å². The number of hydrogen-bond acceptors (Lipinski definition) is 2. The van der Waals surface area contributed by atoms with Crippen LogP contribution in [0.1, 0.15) is 25.0 Å². The Morgan fingerprint density at radius 1 is 0.290 bits per heavy atom. The summed E-state index contributed by atoms with van der Waals surface area (Å²) in [5.41, 5.74) is 22.1. The molecule has 69 heavy (non-hydrogen) atoms. The largest absolute Gasteiger partial charge is 0.456 e. The first-order valence-corrected chi connectivity index (χ1v) is 23.9. The summed E-state index contributed by atoms with van der Waals surface area (Å²) in [6.45, 7) is 4.77. The van der Waals surface area contributed by atoms with Crippen molar-refractivity contribution in [2.24, 2.45) is 0 Å². The Labute approximate surface area is 403 Å². The Kier molecular flexibility index (Phi) is 9.55. The van der Waals surface area contributed by atoms with Gasteiger partial charge in [-0.1, -0.05) is 190 Å². The lowest BCUT2D eigenvalue weighted by molar-refractivity contribution is 0.660. The monoisotopic (exact) mass is 881 g/mol. The van der Waals surface area contributed by atoms with Gasteiger partial charge in [0.25, 0.3) is 0 Å². The van der Waals surface area contributed by atoms with E-state index in [1.165, 1.54) is 72.0 Å². The lowest BCUT2D eigenvalue weighted by atomic mass is 9.81.